The summed E-state index contributed by atoms with van der Waals surface area (Å²) >= 11 is 3.28. The zero-order chi connectivity index (χ0) is 15.5. The fourth-order valence-electron chi connectivity index (χ4n) is 2.58. The first kappa shape index (κ1) is 15.0. The Labute approximate surface area is 136 Å². The molecule has 0 saturated heterocycles. The molecule has 0 fully saturated rings. The fourth-order valence-corrected chi connectivity index (χ4v) is 3.05. The molecule has 0 aliphatic carbocycles. The van der Waals surface area contributed by atoms with Crippen molar-refractivity contribution in [2.45, 2.75) is 19.6 Å². The molecule has 0 bridgehead atoms. The number of ether oxygens (including phenoxy) is 1. The summed E-state index contributed by atoms with van der Waals surface area (Å²) in [7, 11) is 0. The summed E-state index contributed by atoms with van der Waals surface area (Å²) in [6.07, 6.45) is 0.143. The molecule has 1 amide bonds. The van der Waals surface area contributed by atoms with Crippen molar-refractivity contribution in [1.29, 1.82) is 0 Å². The minimum Gasteiger partial charge on any atom is -0.445 e. The molecule has 0 saturated carbocycles. The Balaban J connectivity index is 1.65. The Kier molecular flexibility index (Phi) is 4.43. The van der Waals surface area contributed by atoms with Gasteiger partial charge in [0, 0.05) is 17.6 Å². The first-order chi connectivity index (χ1) is 10.6. The normalized spacial score (nSPS) is 13.6. The molecule has 22 heavy (non-hydrogen) atoms. The molecule has 0 unspecified atom stereocenters. The lowest BCUT2D eigenvalue weighted by Gasteiger charge is -2.28. The van der Waals surface area contributed by atoms with Crippen LogP contribution < -0.4 is 0 Å². The third kappa shape index (κ3) is 3.30. The third-order valence-corrected chi connectivity index (χ3v) is 4.17. The van der Waals surface area contributed by atoms with Crippen LogP contribution in [0, 0.1) is 5.82 Å². The molecule has 0 aromatic heterocycles. The molecule has 0 spiro atoms. The van der Waals surface area contributed by atoms with E-state index in [9.17, 15) is 9.18 Å². The Morgan fingerprint density at radius 1 is 1.27 bits per heavy atom. The van der Waals surface area contributed by atoms with Gasteiger partial charge < -0.3 is 9.64 Å². The quantitative estimate of drug-likeness (QED) is 0.796. The van der Waals surface area contributed by atoms with Crippen LogP contribution in [-0.4, -0.2) is 17.5 Å². The van der Waals surface area contributed by atoms with Crippen LogP contribution in [0.1, 0.15) is 16.7 Å². The lowest BCUT2D eigenvalue weighted by molar-refractivity contribution is 0.0916. The van der Waals surface area contributed by atoms with Crippen LogP contribution in [0.3, 0.4) is 0 Å². The van der Waals surface area contributed by atoms with Gasteiger partial charge in [0.15, 0.2) is 0 Å². The van der Waals surface area contributed by atoms with Crippen molar-refractivity contribution in [1.82, 2.24) is 4.90 Å². The van der Waals surface area contributed by atoms with Crippen molar-refractivity contribution < 1.29 is 13.9 Å². The van der Waals surface area contributed by atoms with Gasteiger partial charge >= 0.3 is 6.09 Å². The maximum atomic E-state index is 13.9. The first-order valence-corrected chi connectivity index (χ1v) is 7.85. The second kappa shape index (κ2) is 6.48. The summed E-state index contributed by atoms with van der Waals surface area (Å²) in [6.45, 7) is 1.09. The van der Waals surface area contributed by atoms with Crippen LogP contribution in [0.5, 0.6) is 0 Å². The molecule has 5 heteroatoms. The number of hydrogen-bond donors (Lipinski definition) is 0. The number of hydrogen-bond acceptors (Lipinski definition) is 2. The van der Waals surface area contributed by atoms with Crippen LogP contribution in [-0.2, 0) is 24.3 Å². The van der Waals surface area contributed by atoms with E-state index in [1.807, 2.05) is 36.4 Å². The number of halogens is 2. The van der Waals surface area contributed by atoms with Gasteiger partial charge in [-0.15, -0.1) is 0 Å². The molecule has 1 heterocycles. The Bertz CT molecular complexity index is 691. The van der Waals surface area contributed by atoms with E-state index < -0.39 is 0 Å². The van der Waals surface area contributed by atoms with E-state index in [0.717, 1.165) is 11.1 Å². The summed E-state index contributed by atoms with van der Waals surface area (Å²) in [5.41, 5.74) is 2.46. The predicted octanol–water partition coefficient (Wildman–Crippen LogP) is 4.28. The molecule has 1 aliphatic rings. The average Bonchev–Trinajstić information content (AvgIpc) is 2.53. The zero-order valence-electron chi connectivity index (χ0n) is 11.9. The van der Waals surface area contributed by atoms with Gasteiger partial charge in [0.2, 0.25) is 0 Å². The van der Waals surface area contributed by atoms with Gasteiger partial charge in [-0.05, 0) is 35.2 Å². The van der Waals surface area contributed by atoms with Crippen molar-refractivity contribution in [2.75, 3.05) is 6.54 Å². The summed E-state index contributed by atoms with van der Waals surface area (Å²) < 4.78 is 19.9. The highest BCUT2D eigenvalue weighted by atomic mass is 79.9. The largest absolute Gasteiger partial charge is 0.445 e. The standard InChI is InChI=1S/C17H15BrFNO2/c18-14-8-13-10-20(7-6-15(13)16(19)9-14)17(21)22-11-12-4-2-1-3-5-12/h1-5,8-9H,6-7,10-11H2. The second-order valence-electron chi connectivity index (χ2n) is 5.24. The van der Waals surface area contributed by atoms with Crippen molar-refractivity contribution in [3.05, 3.63) is 69.4 Å². The Morgan fingerprint density at radius 3 is 2.82 bits per heavy atom. The third-order valence-electron chi connectivity index (χ3n) is 3.71. The average molecular weight is 364 g/mol. The van der Waals surface area contributed by atoms with Crippen LogP contribution in [0.25, 0.3) is 0 Å². The summed E-state index contributed by atoms with van der Waals surface area (Å²) in [4.78, 5) is 13.8. The number of carbonyl (C=O) groups excluding carboxylic acids is 1. The monoisotopic (exact) mass is 363 g/mol. The molecule has 114 valence electrons. The molecule has 3 nitrogen and oxygen atoms in total. The van der Waals surface area contributed by atoms with Crippen molar-refractivity contribution in [2.24, 2.45) is 0 Å². The van der Waals surface area contributed by atoms with E-state index >= 15 is 0 Å². The highest BCUT2D eigenvalue weighted by molar-refractivity contribution is 9.10. The van der Waals surface area contributed by atoms with Crippen LogP contribution >= 0.6 is 15.9 Å². The van der Waals surface area contributed by atoms with Crippen molar-refractivity contribution in [3.63, 3.8) is 0 Å². The molecule has 2 aromatic rings. The van der Waals surface area contributed by atoms with E-state index in [1.165, 1.54) is 6.07 Å². The lowest BCUT2D eigenvalue weighted by atomic mass is 9.99. The van der Waals surface area contributed by atoms with Gasteiger partial charge in [-0.25, -0.2) is 9.18 Å². The second-order valence-corrected chi connectivity index (χ2v) is 6.15. The van der Waals surface area contributed by atoms with Crippen LogP contribution in [0.4, 0.5) is 9.18 Å². The van der Waals surface area contributed by atoms with Gasteiger partial charge in [-0.2, -0.15) is 0 Å². The molecule has 3 rings (SSSR count). The number of rotatable bonds is 2. The van der Waals surface area contributed by atoms with E-state index in [-0.39, 0.29) is 18.5 Å². The van der Waals surface area contributed by atoms with Crippen LogP contribution in [0.2, 0.25) is 0 Å². The van der Waals surface area contributed by atoms with Crippen LogP contribution in [0.15, 0.2) is 46.9 Å². The van der Waals surface area contributed by atoms with Gasteiger partial charge in [0.05, 0.1) is 0 Å². The van der Waals surface area contributed by atoms with Gasteiger partial charge in [0.1, 0.15) is 12.4 Å². The van der Waals surface area contributed by atoms with E-state index in [4.69, 9.17) is 4.74 Å². The first-order valence-electron chi connectivity index (χ1n) is 7.06. The maximum absolute atomic E-state index is 13.9. The lowest BCUT2D eigenvalue weighted by Crippen LogP contribution is -2.36. The minimum absolute atomic E-state index is 0.221. The smallest absolute Gasteiger partial charge is 0.410 e. The topological polar surface area (TPSA) is 29.5 Å². The Hall–Kier alpha value is -1.88. The highest BCUT2D eigenvalue weighted by Crippen LogP contribution is 2.26. The molecule has 0 atom stereocenters. The summed E-state index contributed by atoms with van der Waals surface area (Å²) in [5, 5.41) is 0. The van der Waals surface area contributed by atoms with Crippen molar-refractivity contribution in [3.8, 4) is 0 Å². The number of benzene rings is 2. The number of nitrogens with zero attached hydrogens (tertiary/aromatic N) is 1. The van der Waals surface area contributed by atoms with E-state index in [1.54, 1.807) is 4.90 Å². The number of amides is 1. The molecule has 0 radical (unpaired) electrons. The maximum Gasteiger partial charge on any atom is 0.410 e. The Morgan fingerprint density at radius 2 is 2.05 bits per heavy atom. The summed E-state index contributed by atoms with van der Waals surface area (Å²) in [6, 6.07) is 12.9. The molecule has 2 aromatic carbocycles. The van der Waals surface area contributed by atoms with E-state index in [0.29, 0.717) is 29.5 Å². The number of carbonyl (C=O) groups is 1. The molecular formula is C17H15BrFNO2. The minimum atomic E-state index is -0.366. The summed E-state index contributed by atoms with van der Waals surface area (Å²) in [5.74, 6) is -0.221. The van der Waals surface area contributed by atoms with E-state index in [2.05, 4.69) is 15.9 Å². The fraction of sp³-hybridized carbons (Fsp3) is 0.235. The van der Waals surface area contributed by atoms with Gasteiger partial charge in [0.25, 0.3) is 0 Å². The van der Waals surface area contributed by atoms with Gasteiger partial charge in [-0.3, -0.25) is 0 Å². The highest BCUT2D eigenvalue weighted by Gasteiger charge is 2.24. The molecular weight excluding hydrogens is 349 g/mol. The SMILES string of the molecule is O=C(OCc1ccccc1)N1CCc2c(F)cc(Br)cc2C1. The zero-order valence-corrected chi connectivity index (χ0v) is 13.5. The van der Waals surface area contributed by atoms with Gasteiger partial charge in [-0.1, -0.05) is 46.3 Å². The molecule has 1 aliphatic heterocycles. The molecule has 0 N–H and O–H groups in total. The van der Waals surface area contributed by atoms with Crippen molar-refractivity contribution >= 4 is 22.0 Å². The number of fused-ring (bicyclic) bond motifs is 1. The predicted molar refractivity (Wildman–Crippen MR) is 84.8 cm³/mol.